The average molecular weight is 290 g/mol. The summed E-state index contributed by atoms with van der Waals surface area (Å²) >= 11 is 0. The van der Waals surface area contributed by atoms with E-state index in [-0.39, 0.29) is 0 Å². The van der Waals surface area contributed by atoms with Crippen LogP contribution in [0, 0.1) is 6.92 Å². The first-order valence-corrected chi connectivity index (χ1v) is 8.27. The number of hydrogen-bond donors (Lipinski definition) is 1. The van der Waals surface area contributed by atoms with Crippen molar-refractivity contribution in [2.24, 2.45) is 5.73 Å². The molecule has 0 saturated heterocycles. The molecular weight excluding hydrogens is 260 g/mol. The molecule has 0 amide bonds. The van der Waals surface area contributed by atoms with Gasteiger partial charge in [-0.05, 0) is 51.6 Å². The topological polar surface area (TPSA) is 38.5 Å². The number of aryl methyl sites for hydroxylation is 1. The minimum Gasteiger partial charge on any atom is -0.496 e. The van der Waals surface area contributed by atoms with Crippen LogP contribution in [0.2, 0.25) is 0 Å². The van der Waals surface area contributed by atoms with Crippen molar-refractivity contribution >= 4 is 0 Å². The highest BCUT2D eigenvalue weighted by Crippen LogP contribution is 2.27. The highest BCUT2D eigenvalue weighted by Gasteiger charge is 2.24. The molecule has 0 heterocycles. The van der Waals surface area contributed by atoms with Gasteiger partial charge in [0.1, 0.15) is 5.75 Å². The lowest BCUT2D eigenvalue weighted by Crippen LogP contribution is -2.40. The number of methoxy groups -OCH3 is 1. The molecule has 1 aromatic carbocycles. The van der Waals surface area contributed by atoms with Crippen molar-refractivity contribution in [3.8, 4) is 5.75 Å². The molecule has 118 valence electrons. The highest BCUT2D eigenvalue weighted by molar-refractivity contribution is 5.36. The van der Waals surface area contributed by atoms with Gasteiger partial charge in [0.05, 0.1) is 7.11 Å². The van der Waals surface area contributed by atoms with Gasteiger partial charge in [-0.25, -0.2) is 0 Å². The average Bonchev–Trinajstić information content (AvgIpc) is 2.48. The fourth-order valence-corrected chi connectivity index (χ4v) is 3.39. The monoisotopic (exact) mass is 290 g/mol. The maximum Gasteiger partial charge on any atom is 0.123 e. The summed E-state index contributed by atoms with van der Waals surface area (Å²) in [6.45, 7) is 6.54. The fraction of sp³-hybridized carbons (Fsp3) is 0.667. The first-order valence-electron chi connectivity index (χ1n) is 8.27. The predicted molar refractivity (Wildman–Crippen MR) is 88.7 cm³/mol. The summed E-state index contributed by atoms with van der Waals surface area (Å²) in [5, 5.41) is 0. The van der Waals surface area contributed by atoms with Gasteiger partial charge >= 0.3 is 0 Å². The zero-order valence-corrected chi connectivity index (χ0v) is 13.8. The van der Waals surface area contributed by atoms with E-state index >= 15 is 0 Å². The van der Waals surface area contributed by atoms with E-state index < -0.39 is 0 Å². The lowest BCUT2D eigenvalue weighted by atomic mass is 9.90. The van der Waals surface area contributed by atoms with Gasteiger partial charge in [-0.1, -0.05) is 24.6 Å². The summed E-state index contributed by atoms with van der Waals surface area (Å²) in [5.41, 5.74) is 8.66. The first-order chi connectivity index (χ1) is 10.1. The molecule has 0 radical (unpaired) electrons. The molecule has 1 aromatic rings. The Morgan fingerprint density at radius 1 is 1.24 bits per heavy atom. The molecule has 0 aromatic heterocycles. The first kappa shape index (κ1) is 16.3. The van der Waals surface area contributed by atoms with Crippen LogP contribution in [-0.2, 0) is 6.54 Å². The number of benzene rings is 1. The zero-order chi connectivity index (χ0) is 15.2. The van der Waals surface area contributed by atoms with Crippen LogP contribution in [0.3, 0.4) is 0 Å². The normalized spacial score (nSPS) is 22.5. The van der Waals surface area contributed by atoms with Gasteiger partial charge in [0.2, 0.25) is 0 Å². The SMILES string of the molecule is CCCN(Cc1cc(C)ccc1OC)C1CCC(N)CC1. The minimum atomic E-state index is 0.415. The maximum atomic E-state index is 6.05. The second kappa shape index (κ2) is 7.81. The van der Waals surface area contributed by atoms with E-state index in [1.807, 2.05) is 0 Å². The van der Waals surface area contributed by atoms with Gasteiger partial charge in [-0.15, -0.1) is 0 Å². The second-order valence-corrected chi connectivity index (χ2v) is 6.35. The van der Waals surface area contributed by atoms with E-state index in [2.05, 4.69) is 36.9 Å². The van der Waals surface area contributed by atoms with Crippen molar-refractivity contribution < 1.29 is 4.74 Å². The molecule has 1 aliphatic carbocycles. The van der Waals surface area contributed by atoms with E-state index in [1.54, 1.807) is 7.11 Å². The summed E-state index contributed by atoms with van der Waals surface area (Å²) in [6.07, 6.45) is 5.98. The Morgan fingerprint density at radius 2 is 1.95 bits per heavy atom. The molecule has 1 aliphatic rings. The zero-order valence-electron chi connectivity index (χ0n) is 13.8. The van der Waals surface area contributed by atoms with Crippen LogP contribution in [0.25, 0.3) is 0 Å². The van der Waals surface area contributed by atoms with Crippen LogP contribution in [0.5, 0.6) is 5.75 Å². The molecule has 3 nitrogen and oxygen atoms in total. The van der Waals surface area contributed by atoms with Gasteiger partial charge in [0, 0.05) is 24.2 Å². The fourth-order valence-electron chi connectivity index (χ4n) is 3.39. The Labute approximate surface area is 129 Å². The van der Waals surface area contributed by atoms with Crippen molar-refractivity contribution in [3.63, 3.8) is 0 Å². The number of rotatable bonds is 6. The van der Waals surface area contributed by atoms with Crippen molar-refractivity contribution in [1.29, 1.82) is 0 Å². The van der Waals surface area contributed by atoms with E-state index in [0.29, 0.717) is 12.1 Å². The summed E-state index contributed by atoms with van der Waals surface area (Å²) in [6, 6.07) is 7.56. The van der Waals surface area contributed by atoms with Gasteiger partial charge in [0.15, 0.2) is 0 Å². The van der Waals surface area contributed by atoms with Crippen molar-refractivity contribution in [1.82, 2.24) is 4.90 Å². The van der Waals surface area contributed by atoms with E-state index in [9.17, 15) is 0 Å². The Bertz CT molecular complexity index is 439. The van der Waals surface area contributed by atoms with Gasteiger partial charge < -0.3 is 10.5 Å². The smallest absolute Gasteiger partial charge is 0.123 e. The minimum absolute atomic E-state index is 0.415. The van der Waals surface area contributed by atoms with Gasteiger partial charge in [-0.3, -0.25) is 4.90 Å². The molecule has 0 bridgehead atoms. The van der Waals surface area contributed by atoms with Crippen LogP contribution >= 0.6 is 0 Å². The van der Waals surface area contributed by atoms with Crippen molar-refractivity contribution in [3.05, 3.63) is 29.3 Å². The molecule has 2 N–H and O–H groups in total. The maximum absolute atomic E-state index is 6.05. The summed E-state index contributed by atoms with van der Waals surface area (Å²) in [4.78, 5) is 2.63. The Morgan fingerprint density at radius 3 is 2.57 bits per heavy atom. The summed E-state index contributed by atoms with van der Waals surface area (Å²) < 4.78 is 5.54. The van der Waals surface area contributed by atoms with Crippen LogP contribution < -0.4 is 10.5 Å². The number of hydrogen-bond acceptors (Lipinski definition) is 3. The van der Waals surface area contributed by atoms with Crippen molar-refractivity contribution in [2.45, 2.75) is 64.6 Å². The Balaban J connectivity index is 2.10. The summed E-state index contributed by atoms with van der Waals surface area (Å²) in [7, 11) is 1.76. The molecule has 0 atom stereocenters. The Kier molecular flexibility index (Phi) is 6.07. The van der Waals surface area contributed by atoms with E-state index in [4.69, 9.17) is 10.5 Å². The third-order valence-electron chi connectivity index (χ3n) is 4.58. The van der Waals surface area contributed by atoms with Gasteiger partial charge in [-0.2, -0.15) is 0 Å². The van der Waals surface area contributed by atoms with Crippen LogP contribution in [-0.4, -0.2) is 30.6 Å². The third-order valence-corrected chi connectivity index (χ3v) is 4.58. The molecule has 0 aliphatic heterocycles. The molecule has 2 rings (SSSR count). The van der Waals surface area contributed by atoms with Crippen LogP contribution in [0.15, 0.2) is 18.2 Å². The second-order valence-electron chi connectivity index (χ2n) is 6.35. The lowest BCUT2D eigenvalue weighted by Gasteiger charge is -2.36. The third kappa shape index (κ3) is 4.45. The largest absolute Gasteiger partial charge is 0.496 e. The van der Waals surface area contributed by atoms with Crippen molar-refractivity contribution in [2.75, 3.05) is 13.7 Å². The molecule has 1 saturated carbocycles. The highest BCUT2D eigenvalue weighted by atomic mass is 16.5. The molecule has 3 heteroatoms. The molecule has 1 fully saturated rings. The predicted octanol–water partition coefficient (Wildman–Crippen LogP) is 3.49. The molecule has 0 spiro atoms. The van der Waals surface area contributed by atoms with Crippen LogP contribution in [0.1, 0.15) is 50.2 Å². The summed E-state index contributed by atoms with van der Waals surface area (Å²) in [5.74, 6) is 1.01. The quantitative estimate of drug-likeness (QED) is 0.871. The number of nitrogens with two attached hydrogens (primary N) is 1. The molecular formula is C18H30N2O. The molecule has 0 unspecified atom stereocenters. The molecule has 21 heavy (non-hydrogen) atoms. The standard InChI is InChI=1S/C18H30N2O/c1-4-11-20(17-8-6-16(19)7-9-17)13-15-12-14(2)5-10-18(15)21-3/h5,10,12,16-17H,4,6-9,11,13,19H2,1-3H3. The van der Waals surface area contributed by atoms with Gasteiger partial charge in [0.25, 0.3) is 0 Å². The number of nitrogens with zero attached hydrogens (tertiary/aromatic N) is 1. The van der Waals surface area contributed by atoms with E-state index in [0.717, 1.165) is 31.7 Å². The number of ether oxygens (including phenoxy) is 1. The van der Waals surface area contributed by atoms with E-state index in [1.165, 1.54) is 30.4 Å². The van der Waals surface area contributed by atoms with Crippen LogP contribution in [0.4, 0.5) is 0 Å². The lowest BCUT2D eigenvalue weighted by molar-refractivity contribution is 0.141. The Hall–Kier alpha value is -1.06.